The van der Waals surface area contributed by atoms with Crippen LogP contribution in [0.5, 0.6) is 11.5 Å². The van der Waals surface area contributed by atoms with E-state index in [4.69, 9.17) is 9.47 Å². The SMILES string of the molecule is COc1ccc(CCC(=O)NCN2CCNCC2)cc1OC. The van der Waals surface area contributed by atoms with E-state index < -0.39 is 0 Å². The molecule has 0 aliphatic carbocycles. The number of nitrogens with zero attached hydrogens (tertiary/aromatic N) is 1. The molecule has 0 saturated carbocycles. The maximum absolute atomic E-state index is 11.9. The highest BCUT2D eigenvalue weighted by molar-refractivity contribution is 5.76. The number of hydrogen-bond donors (Lipinski definition) is 2. The molecule has 122 valence electrons. The Labute approximate surface area is 131 Å². The van der Waals surface area contributed by atoms with Crippen LogP contribution in [-0.2, 0) is 11.2 Å². The van der Waals surface area contributed by atoms with E-state index in [1.165, 1.54) is 0 Å². The van der Waals surface area contributed by atoms with Gasteiger partial charge in [0.05, 0.1) is 20.9 Å². The van der Waals surface area contributed by atoms with E-state index in [0.29, 0.717) is 31.0 Å². The van der Waals surface area contributed by atoms with Gasteiger partial charge in [0.15, 0.2) is 11.5 Å². The molecule has 1 aliphatic rings. The van der Waals surface area contributed by atoms with Gasteiger partial charge in [-0.15, -0.1) is 0 Å². The fourth-order valence-electron chi connectivity index (χ4n) is 2.45. The van der Waals surface area contributed by atoms with Gasteiger partial charge >= 0.3 is 0 Å². The number of rotatable bonds is 7. The third-order valence-corrected chi connectivity index (χ3v) is 3.80. The average molecular weight is 307 g/mol. The van der Waals surface area contributed by atoms with Crippen molar-refractivity contribution in [1.82, 2.24) is 15.5 Å². The van der Waals surface area contributed by atoms with E-state index >= 15 is 0 Å². The molecule has 1 aromatic carbocycles. The van der Waals surface area contributed by atoms with Gasteiger partial charge in [0.1, 0.15) is 0 Å². The molecule has 6 nitrogen and oxygen atoms in total. The first kappa shape index (κ1) is 16.6. The van der Waals surface area contributed by atoms with Crippen molar-refractivity contribution in [3.63, 3.8) is 0 Å². The molecule has 2 N–H and O–H groups in total. The van der Waals surface area contributed by atoms with E-state index in [1.54, 1.807) is 14.2 Å². The average Bonchev–Trinajstić information content (AvgIpc) is 2.58. The van der Waals surface area contributed by atoms with E-state index in [9.17, 15) is 4.79 Å². The lowest BCUT2D eigenvalue weighted by Gasteiger charge is -2.27. The summed E-state index contributed by atoms with van der Waals surface area (Å²) >= 11 is 0. The number of piperazine rings is 1. The van der Waals surface area contributed by atoms with Crippen molar-refractivity contribution in [2.75, 3.05) is 47.1 Å². The Kier molecular flexibility index (Phi) is 6.48. The lowest BCUT2D eigenvalue weighted by atomic mass is 10.1. The molecule has 0 atom stereocenters. The van der Waals surface area contributed by atoms with Crippen molar-refractivity contribution >= 4 is 5.91 Å². The topological polar surface area (TPSA) is 62.8 Å². The number of benzene rings is 1. The molecular weight excluding hydrogens is 282 g/mol. The Morgan fingerprint density at radius 2 is 1.95 bits per heavy atom. The summed E-state index contributed by atoms with van der Waals surface area (Å²) in [5, 5.41) is 6.27. The van der Waals surface area contributed by atoms with E-state index in [1.807, 2.05) is 18.2 Å². The van der Waals surface area contributed by atoms with Gasteiger partial charge in [-0.25, -0.2) is 0 Å². The minimum atomic E-state index is 0.0771. The molecule has 2 rings (SSSR count). The molecule has 6 heteroatoms. The predicted octanol–water partition coefficient (Wildman–Crippen LogP) is 0.615. The summed E-state index contributed by atoms with van der Waals surface area (Å²) < 4.78 is 10.5. The summed E-state index contributed by atoms with van der Waals surface area (Å²) in [4.78, 5) is 14.2. The lowest BCUT2D eigenvalue weighted by molar-refractivity contribution is -0.121. The zero-order valence-corrected chi connectivity index (χ0v) is 13.4. The summed E-state index contributed by atoms with van der Waals surface area (Å²) in [7, 11) is 3.23. The van der Waals surface area contributed by atoms with Gasteiger partial charge in [-0.3, -0.25) is 9.69 Å². The quantitative estimate of drug-likeness (QED) is 0.773. The Morgan fingerprint density at radius 1 is 1.23 bits per heavy atom. The second kappa shape index (κ2) is 8.60. The molecule has 1 aliphatic heterocycles. The molecule has 0 bridgehead atoms. The standard InChI is InChI=1S/C16H25N3O3/c1-21-14-5-3-13(11-15(14)22-2)4-6-16(20)18-12-19-9-7-17-8-10-19/h3,5,11,17H,4,6-10,12H2,1-2H3,(H,18,20). The van der Waals surface area contributed by atoms with Gasteiger partial charge in [-0.05, 0) is 24.1 Å². The summed E-state index contributed by atoms with van der Waals surface area (Å²) in [6.45, 7) is 4.57. The maximum atomic E-state index is 11.9. The van der Waals surface area contributed by atoms with Crippen LogP contribution < -0.4 is 20.1 Å². The first-order valence-corrected chi connectivity index (χ1v) is 7.63. The van der Waals surface area contributed by atoms with Crippen molar-refractivity contribution in [1.29, 1.82) is 0 Å². The van der Waals surface area contributed by atoms with Crippen LogP contribution in [0.15, 0.2) is 18.2 Å². The number of amides is 1. The zero-order valence-electron chi connectivity index (χ0n) is 13.4. The Hall–Kier alpha value is -1.79. The summed E-state index contributed by atoms with van der Waals surface area (Å²) in [5.41, 5.74) is 1.06. The summed E-state index contributed by atoms with van der Waals surface area (Å²) in [6.07, 6.45) is 1.16. The fraction of sp³-hybridized carbons (Fsp3) is 0.562. The van der Waals surface area contributed by atoms with Gasteiger partial charge in [-0.1, -0.05) is 6.07 Å². The van der Waals surface area contributed by atoms with E-state index in [0.717, 1.165) is 31.7 Å². The van der Waals surface area contributed by atoms with Gasteiger partial charge < -0.3 is 20.1 Å². The van der Waals surface area contributed by atoms with Crippen LogP contribution in [0.4, 0.5) is 0 Å². The van der Waals surface area contributed by atoms with E-state index in [2.05, 4.69) is 15.5 Å². The zero-order chi connectivity index (χ0) is 15.8. The summed E-state index contributed by atoms with van der Waals surface area (Å²) in [6, 6.07) is 5.75. The van der Waals surface area contributed by atoms with Gasteiger partial charge in [-0.2, -0.15) is 0 Å². The smallest absolute Gasteiger partial charge is 0.221 e. The van der Waals surface area contributed by atoms with Gasteiger partial charge in [0.2, 0.25) is 5.91 Å². The van der Waals surface area contributed by atoms with Crippen LogP contribution in [0.1, 0.15) is 12.0 Å². The predicted molar refractivity (Wildman–Crippen MR) is 85.3 cm³/mol. The number of nitrogens with one attached hydrogen (secondary N) is 2. The summed E-state index contributed by atoms with van der Waals surface area (Å²) in [5.74, 6) is 1.48. The third-order valence-electron chi connectivity index (χ3n) is 3.80. The van der Waals surface area contributed by atoms with Crippen LogP contribution in [0.25, 0.3) is 0 Å². The van der Waals surface area contributed by atoms with Crippen LogP contribution >= 0.6 is 0 Å². The van der Waals surface area contributed by atoms with E-state index in [-0.39, 0.29) is 5.91 Å². The molecule has 0 spiro atoms. The second-order valence-corrected chi connectivity index (χ2v) is 5.32. The maximum Gasteiger partial charge on any atom is 0.221 e. The fourth-order valence-corrected chi connectivity index (χ4v) is 2.45. The first-order chi connectivity index (χ1) is 10.7. The molecule has 1 heterocycles. The number of carbonyl (C=O) groups excluding carboxylic acids is 1. The minimum Gasteiger partial charge on any atom is -0.493 e. The number of methoxy groups -OCH3 is 2. The van der Waals surface area contributed by atoms with Crippen molar-refractivity contribution in [2.24, 2.45) is 0 Å². The lowest BCUT2D eigenvalue weighted by Crippen LogP contribution is -2.48. The number of aryl methyl sites for hydroxylation is 1. The number of hydrogen-bond acceptors (Lipinski definition) is 5. The molecule has 0 aromatic heterocycles. The normalized spacial score (nSPS) is 15.4. The highest BCUT2D eigenvalue weighted by Gasteiger charge is 2.11. The van der Waals surface area contributed by atoms with Crippen LogP contribution in [0.3, 0.4) is 0 Å². The third kappa shape index (κ3) is 4.89. The monoisotopic (exact) mass is 307 g/mol. The number of ether oxygens (including phenoxy) is 2. The molecule has 1 saturated heterocycles. The van der Waals surface area contributed by atoms with Gasteiger partial charge in [0.25, 0.3) is 0 Å². The van der Waals surface area contributed by atoms with Crippen molar-refractivity contribution in [3.05, 3.63) is 23.8 Å². The second-order valence-electron chi connectivity index (χ2n) is 5.32. The van der Waals surface area contributed by atoms with Crippen molar-refractivity contribution < 1.29 is 14.3 Å². The molecule has 1 aromatic rings. The molecular formula is C16H25N3O3. The van der Waals surface area contributed by atoms with Crippen LogP contribution in [0, 0.1) is 0 Å². The van der Waals surface area contributed by atoms with Crippen molar-refractivity contribution in [2.45, 2.75) is 12.8 Å². The first-order valence-electron chi connectivity index (χ1n) is 7.63. The molecule has 1 fully saturated rings. The largest absolute Gasteiger partial charge is 0.493 e. The highest BCUT2D eigenvalue weighted by atomic mass is 16.5. The Bertz CT molecular complexity index is 488. The number of carbonyl (C=O) groups is 1. The molecule has 0 radical (unpaired) electrons. The van der Waals surface area contributed by atoms with Crippen LogP contribution in [0.2, 0.25) is 0 Å². The Morgan fingerprint density at radius 3 is 2.64 bits per heavy atom. The Balaban J connectivity index is 1.75. The van der Waals surface area contributed by atoms with Crippen molar-refractivity contribution in [3.8, 4) is 11.5 Å². The molecule has 0 unspecified atom stereocenters. The highest BCUT2D eigenvalue weighted by Crippen LogP contribution is 2.27. The van der Waals surface area contributed by atoms with Crippen LogP contribution in [-0.4, -0.2) is 57.9 Å². The minimum absolute atomic E-state index is 0.0771. The molecule has 1 amide bonds. The van der Waals surface area contributed by atoms with Gasteiger partial charge in [0, 0.05) is 32.6 Å². The molecule has 22 heavy (non-hydrogen) atoms.